The van der Waals surface area contributed by atoms with Gasteiger partial charge in [-0.15, -0.1) is 0 Å². The molecule has 0 saturated heterocycles. The highest BCUT2D eigenvalue weighted by molar-refractivity contribution is 5.89. The molecule has 0 amide bonds. The van der Waals surface area contributed by atoms with E-state index in [4.69, 9.17) is 19.2 Å². The van der Waals surface area contributed by atoms with Crippen LogP contribution in [-0.4, -0.2) is 31.4 Å². The van der Waals surface area contributed by atoms with Crippen LogP contribution in [0.4, 0.5) is 0 Å². The summed E-state index contributed by atoms with van der Waals surface area (Å²) in [6.45, 7) is 8.04. The van der Waals surface area contributed by atoms with Gasteiger partial charge in [-0.3, -0.25) is 4.89 Å². The van der Waals surface area contributed by atoms with Crippen molar-refractivity contribution in [3.63, 3.8) is 0 Å². The van der Waals surface area contributed by atoms with E-state index in [2.05, 4.69) is 0 Å². The van der Waals surface area contributed by atoms with Gasteiger partial charge in [-0.2, -0.15) is 4.89 Å². The number of hydrogen-bond donors (Lipinski definition) is 0. The lowest BCUT2D eigenvalue weighted by molar-refractivity contribution is -0.247. The summed E-state index contributed by atoms with van der Waals surface area (Å²) in [5, 5.41) is 0. The number of methoxy groups -OCH3 is 1. The Kier molecular flexibility index (Phi) is 6.65. The van der Waals surface area contributed by atoms with E-state index in [0.29, 0.717) is 17.7 Å². The molecule has 1 aromatic carbocycles. The molecule has 1 rings (SSSR count). The number of carbonyl (C=O) groups is 1. The maximum Gasteiger partial charge on any atom is 0.373 e. The Morgan fingerprint density at radius 2 is 1.81 bits per heavy atom. The zero-order valence-electron chi connectivity index (χ0n) is 13.3. The van der Waals surface area contributed by atoms with Crippen LogP contribution in [0.3, 0.4) is 0 Å². The predicted molar refractivity (Wildman–Crippen MR) is 79.3 cm³/mol. The molecule has 21 heavy (non-hydrogen) atoms. The molecule has 0 N–H and O–H groups in total. The normalized spacial score (nSPS) is 11.5. The van der Waals surface area contributed by atoms with Gasteiger partial charge >= 0.3 is 5.97 Å². The molecule has 0 heterocycles. The maximum absolute atomic E-state index is 11.8. The second kappa shape index (κ2) is 8.00. The molecule has 0 aliphatic carbocycles. The molecule has 0 radical (unpaired) electrons. The maximum atomic E-state index is 11.8. The molecular weight excluding hydrogens is 272 g/mol. The average Bonchev–Trinajstić information content (AvgIpc) is 2.43. The lowest BCUT2D eigenvalue weighted by Gasteiger charge is -2.21. The van der Waals surface area contributed by atoms with E-state index < -0.39 is 5.97 Å². The fourth-order valence-corrected chi connectivity index (χ4v) is 1.47. The number of rotatable bonds is 8. The van der Waals surface area contributed by atoms with Crippen LogP contribution in [0, 0.1) is 0 Å². The van der Waals surface area contributed by atoms with Crippen molar-refractivity contribution in [1.29, 1.82) is 0 Å². The Balaban J connectivity index is 2.38. The average molecular weight is 296 g/mol. The van der Waals surface area contributed by atoms with Crippen LogP contribution in [0.2, 0.25) is 0 Å². The van der Waals surface area contributed by atoms with Gasteiger partial charge in [-0.25, -0.2) is 4.79 Å². The van der Waals surface area contributed by atoms with Crippen LogP contribution in [0.1, 0.15) is 44.5 Å². The Hall–Kier alpha value is -1.59. The van der Waals surface area contributed by atoms with Gasteiger partial charge in [0.25, 0.3) is 0 Å². The van der Waals surface area contributed by atoms with Crippen LogP contribution < -0.4 is 4.74 Å². The summed E-state index contributed by atoms with van der Waals surface area (Å²) in [7, 11) is 1.63. The third-order valence-corrected chi connectivity index (χ3v) is 2.94. The Morgan fingerprint density at radius 1 is 1.19 bits per heavy atom. The molecule has 0 aliphatic heterocycles. The van der Waals surface area contributed by atoms with E-state index in [1.165, 1.54) is 0 Å². The summed E-state index contributed by atoms with van der Waals surface area (Å²) in [5.41, 5.74) is 0.111. The lowest BCUT2D eigenvalue weighted by atomic mass is 10.1. The van der Waals surface area contributed by atoms with Crippen LogP contribution in [0.15, 0.2) is 24.3 Å². The molecule has 1 aromatic rings. The van der Waals surface area contributed by atoms with Crippen molar-refractivity contribution in [2.45, 2.75) is 45.8 Å². The number of ether oxygens (including phenoxy) is 2. The van der Waals surface area contributed by atoms with Crippen molar-refractivity contribution in [1.82, 2.24) is 0 Å². The smallest absolute Gasteiger partial charge is 0.373 e. The van der Waals surface area contributed by atoms with E-state index >= 15 is 0 Å². The van der Waals surface area contributed by atoms with E-state index in [1.807, 2.05) is 27.7 Å². The van der Waals surface area contributed by atoms with Gasteiger partial charge in [0.2, 0.25) is 0 Å². The summed E-state index contributed by atoms with van der Waals surface area (Å²) in [5.74, 6) is 0.186. The molecule has 0 atom stereocenters. The highest BCUT2D eigenvalue weighted by Crippen LogP contribution is 2.15. The molecule has 0 unspecified atom stereocenters. The van der Waals surface area contributed by atoms with Crippen LogP contribution in [0.25, 0.3) is 0 Å². The van der Waals surface area contributed by atoms with Crippen molar-refractivity contribution >= 4 is 5.97 Å². The standard InChI is InChI=1S/C16H24O5/c1-12(2)20-14-8-6-13(7-9-14)15(17)21-19-11-10-16(3,4)18-5/h6-9,12H,10-11H2,1-5H3. The zero-order valence-corrected chi connectivity index (χ0v) is 13.3. The van der Waals surface area contributed by atoms with Crippen LogP contribution in [-0.2, 0) is 14.5 Å². The Labute approximate surface area is 126 Å². The number of benzene rings is 1. The van der Waals surface area contributed by atoms with Gasteiger partial charge in [0, 0.05) is 13.5 Å². The minimum absolute atomic E-state index is 0.0928. The topological polar surface area (TPSA) is 54.0 Å². The summed E-state index contributed by atoms with van der Waals surface area (Å²) in [4.78, 5) is 21.4. The molecule has 5 nitrogen and oxygen atoms in total. The predicted octanol–water partition coefficient (Wildman–Crippen LogP) is 3.38. The largest absolute Gasteiger partial charge is 0.491 e. The number of carbonyl (C=O) groups excluding carboxylic acids is 1. The minimum atomic E-state index is -0.527. The number of hydrogen-bond acceptors (Lipinski definition) is 5. The molecule has 0 bridgehead atoms. The fraction of sp³-hybridized carbons (Fsp3) is 0.562. The summed E-state index contributed by atoms with van der Waals surface area (Å²) < 4.78 is 10.7. The van der Waals surface area contributed by atoms with Crippen LogP contribution >= 0.6 is 0 Å². The van der Waals surface area contributed by atoms with Crippen LogP contribution in [0.5, 0.6) is 5.75 Å². The second-order valence-electron chi connectivity index (χ2n) is 5.60. The zero-order chi connectivity index (χ0) is 15.9. The molecule has 0 fully saturated rings. The SMILES string of the molecule is COC(C)(C)CCOOC(=O)c1ccc(OC(C)C)cc1. The summed E-state index contributed by atoms with van der Waals surface area (Å²) >= 11 is 0. The van der Waals surface area contributed by atoms with E-state index in [1.54, 1.807) is 31.4 Å². The Bertz CT molecular complexity index is 436. The van der Waals surface area contributed by atoms with Gasteiger partial charge in [-0.1, -0.05) is 0 Å². The third-order valence-electron chi connectivity index (χ3n) is 2.94. The molecule has 0 aromatic heterocycles. The second-order valence-corrected chi connectivity index (χ2v) is 5.60. The third kappa shape index (κ3) is 6.60. The lowest BCUT2D eigenvalue weighted by Crippen LogP contribution is -2.24. The molecular formula is C16H24O5. The molecule has 0 spiro atoms. The van der Waals surface area contributed by atoms with Crippen molar-refractivity contribution in [3.8, 4) is 5.75 Å². The van der Waals surface area contributed by atoms with Crippen molar-refractivity contribution in [2.75, 3.05) is 13.7 Å². The highest BCUT2D eigenvalue weighted by Gasteiger charge is 2.17. The first kappa shape index (κ1) is 17.5. The van der Waals surface area contributed by atoms with Gasteiger partial charge in [0.15, 0.2) is 0 Å². The van der Waals surface area contributed by atoms with Crippen molar-refractivity contribution in [2.24, 2.45) is 0 Å². The molecule has 0 aliphatic rings. The van der Waals surface area contributed by atoms with E-state index in [0.717, 1.165) is 0 Å². The van der Waals surface area contributed by atoms with Crippen molar-refractivity contribution in [3.05, 3.63) is 29.8 Å². The first-order valence-corrected chi connectivity index (χ1v) is 7.00. The fourth-order valence-electron chi connectivity index (χ4n) is 1.47. The van der Waals surface area contributed by atoms with Gasteiger partial charge in [0.1, 0.15) is 5.75 Å². The van der Waals surface area contributed by atoms with Gasteiger partial charge in [0.05, 0.1) is 23.9 Å². The van der Waals surface area contributed by atoms with Gasteiger partial charge in [-0.05, 0) is 52.0 Å². The Morgan fingerprint density at radius 3 is 2.33 bits per heavy atom. The molecule has 0 saturated carbocycles. The first-order valence-electron chi connectivity index (χ1n) is 7.00. The quantitative estimate of drug-likeness (QED) is 0.418. The minimum Gasteiger partial charge on any atom is -0.491 e. The van der Waals surface area contributed by atoms with Gasteiger partial charge < -0.3 is 9.47 Å². The summed E-state index contributed by atoms with van der Waals surface area (Å²) in [6.07, 6.45) is 0.716. The van der Waals surface area contributed by atoms with E-state index in [-0.39, 0.29) is 18.3 Å². The monoisotopic (exact) mass is 296 g/mol. The van der Waals surface area contributed by atoms with E-state index in [9.17, 15) is 4.79 Å². The molecule has 118 valence electrons. The van der Waals surface area contributed by atoms with Crippen molar-refractivity contribution < 1.29 is 24.0 Å². The molecule has 5 heteroatoms. The summed E-state index contributed by atoms with van der Waals surface area (Å²) in [6, 6.07) is 6.74. The first-order chi connectivity index (χ1) is 9.84. The highest BCUT2D eigenvalue weighted by atomic mass is 17.2.